The third kappa shape index (κ3) is 13.5. The van der Waals surface area contributed by atoms with Gasteiger partial charge in [-0.05, 0) is 106 Å². The van der Waals surface area contributed by atoms with Crippen molar-refractivity contribution in [2.45, 2.75) is 115 Å². The van der Waals surface area contributed by atoms with E-state index in [9.17, 15) is 33.8 Å². The second-order valence-electron chi connectivity index (χ2n) is 24.4. The van der Waals surface area contributed by atoms with Crippen molar-refractivity contribution in [3.8, 4) is 5.75 Å². The molecule has 4 heterocycles. The summed E-state index contributed by atoms with van der Waals surface area (Å²) < 4.78 is 18.1. The van der Waals surface area contributed by atoms with Gasteiger partial charge in [0, 0.05) is 114 Å². The molecule has 0 saturated carbocycles. The van der Waals surface area contributed by atoms with Gasteiger partial charge >= 0.3 is 7.12 Å². The van der Waals surface area contributed by atoms with Crippen LogP contribution in [0.5, 0.6) is 5.75 Å². The molecule has 1 unspecified atom stereocenters. The molecule has 1 fully saturated rings. The lowest BCUT2D eigenvalue weighted by Crippen LogP contribution is -2.54. The van der Waals surface area contributed by atoms with Crippen molar-refractivity contribution in [3.05, 3.63) is 188 Å². The molecular weight excluding hydrogens is 1160 g/mol. The molecule has 5 aliphatic rings. The number of carbonyl (C=O) groups is 6. The molecule has 1 saturated heterocycles. The summed E-state index contributed by atoms with van der Waals surface area (Å²) >= 11 is 0.640. The Morgan fingerprint density at radius 2 is 1.53 bits per heavy atom. The Balaban J connectivity index is 0.718. The number of hydrogen-bond acceptors (Lipinski definition) is 15. The number of ketones is 2. The average Bonchev–Trinajstić information content (AvgIpc) is 1.43. The third-order valence-corrected chi connectivity index (χ3v) is 18.7. The Hall–Kier alpha value is -8.18. The SMILES string of the molecule is COc1c(CCCCc2ccc(C(=O)c3ccccc3)cc2)cc(C(=O)NCCNC(=O)CCCCNC(=O)C(CSOOO)NC(=O)[C@H]2CCCN2C2=C(C=C3N(C)c4ccccc4C3(C)C)C(=O)C2=CC2=[N+](C)c3ccccc3C2(C)C)c2c1B(O)OC2. The quantitative estimate of drug-likeness (QED) is 0.00433. The number of unbranched alkanes of at least 4 members (excludes halogenated alkanes) is 2. The molecule has 90 heavy (non-hydrogen) atoms. The van der Waals surface area contributed by atoms with Crippen LogP contribution in [0.2, 0.25) is 0 Å². The Labute approximate surface area is 530 Å². The van der Waals surface area contributed by atoms with Crippen molar-refractivity contribution in [3.63, 3.8) is 0 Å². The highest BCUT2D eigenvalue weighted by Crippen LogP contribution is 2.49. The van der Waals surface area contributed by atoms with Gasteiger partial charge in [-0.2, -0.15) is 4.58 Å². The minimum absolute atomic E-state index is 0.0264. The van der Waals surface area contributed by atoms with Gasteiger partial charge in [0.1, 0.15) is 24.9 Å². The van der Waals surface area contributed by atoms with Crippen LogP contribution in [-0.2, 0) is 63.5 Å². The number of aryl methyl sites for hydroxylation is 2. The van der Waals surface area contributed by atoms with Crippen LogP contribution in [0.1, 0.15) is 127 Å². The molecule has 10 rings (SSSR count). The average molecular weight is 1240 g/mol. The van der Waals surface area contributed by atoms with E-state index in [2.05, 4.69) is 92.1 Å². The lowest BCUT2D eigenvalue weighted by Gasteiger charge is -2.37. The van der Waals surface area contributed by atoms with Crippen LogP contribution >= 0.6 is 12.0 Å². The topological polar surface area (TPSA) is 237 Å². The highest BCUT2D eigenvalue weighted by molar-refractivity contribution is 7.94. The summed E-state index contributed by atoms with van der Waals surface area (Å²) in [5.41, 5.74) is 11.6. The first kappa shape index (κ1) is 64.8. The van der Waals surface area contributed by atoms with Crippen LogP contribution in [0.25, 0.3) is 0 Å². The summed E-state index contributed by atoms with van der Waals surface area (Å²) in [7, 11) is 4.29. The van der Waals surface area contributed by atoms with Gasteiger partial charge in [-0.25, -0.2) is 5.26 Å². The summed E-state index contributed by atoms with van der Waals surface area (Å²) in [6.45, 7) is 9.59. The fraction of sp³-hybridized carbons (Fsp3) is 0.377. The molecule has 0 aromatic heterocycles. The smallest absolute Gasteiger partial charge is 0.495 e. The summed E-state index contributed by atoms with van der Waals surface area (Å²) in [6, 6.07) is 33.2. The zero-order chi connectivity index (χ0) is 63.9. The zero-order valence-corrected chi connectivity index (χ0v) is 52.9. The monoisotopic (exact) mass is 1240 g/mol. The molecule has 5 aromatic carbocycles. The molecule has 4 amide bonds. The van der Waals surface area contributed by atoms with E-state index in [-0.39, 0.29) is 61.8 Å². The maximum absolute atomic E-state index is 14.7. The van der Waals surface area contributed by atoms with Crippen LogP contribution in [0, 0.1) is 0 Å². The van der Waals surface area contributed by atoms with Gasteiger partial charge in [0.05, 0.1) is 36.2 Å². The second-order valence-corrected chi connectivity index (χ2v) is 25.1. The highest BCUT2D eigenvalue weighted by Gasteiger charge is 2.49. The minimum atomic E-state index is -1.25. The van der Waals surface area contributed by atoms with E-state index in [1.165, 1.54) is 7.11 Å². The third-order valence-electron chi connectivity index (χ3n) is 18.1. The van der Waals surface area contributed by atoms with Gasteiger partial charge < -0.3 is 45.5 Å². The fourth-order valence-corrected chi connectivity index (χ4v) is 13.8. The lowest BCUT2D eigenvalue weighted by atomic mass is 9.75. The molecule has 0 bridgehead atoms. The maximum Gasteiger partial charge on any atom is 0.495 e. The van der Waals surface area contributed by atoms with Gasteiger partial charge in [0.15, 0.2) is 17.3 Å². The Morgan fingerprint density at radius 1 is 0.833 bits per heavy atom. The number of nitrogens with zero attached hydrogens (tertiary/aromatic N) is 3. The number of Topliss-reactive ketones (excluding diaryl/α,β-unsaturated/α-hetero) is 1. The number of para-hydroxylation sites is 2. The largest absolute Gasteiger partial charge is 0.497 e. The molecule has 6 N–H and O–H groups in total. The van der Waals surface area contributed by atoms with Gasteiger partial charge in [-0.3, -0.25) is 28.8 Å². The molecule has 2 atom stereocenters. The van der Waals surface area contributed by atoms with Crippen LogP contribution < -0.4 is 36.4 Å². The van der Waals surface area contributed by atoms with Crippen molar-refractivity contribution < 1.29 is 62.4 Å². The number of hydrogen-bond donors (Lipinski definition) is 6. The normalized spacial score (nSPS) is 18.2. The number of amides is 4. The van der Waals surface area contributed by atoms with E-state index < -0.39 is 41.8 Å². The first-order chi connectivity index (χ1) is 43.3. The van der Waals surface area contributed by atoms with Crippen molar-refractivity contribution in [2.24, 2.45) is 0 Å². The first-order valence-corrected chi connectivity index (χ1v) is 31.7. The number of methoxy groups -OCH3 is 1. The van der Waals surface area contributed by atoms with Crippen molar-refractivity contribution in [1.82, 2.24) is 26.2 Å². The van der Waals surface area contributed by atoms with Crippen LogP contribution in [-0.4, -0.2) is 133 Å². The standard InChI is InChI=1S/C69H78BN7O12S/c1-68(2)51-24-13-15-26-54(51)75(5)57(68)39-48-61(49(63(48)80)40-58-69(3,4)52-25-14-16-27-55(52)76(58)6)77-37-19-28-56(77)67(83)74-53(42-90-89-88-85)66(82)72-34-18-17-29-59(78)71-35-36-73-65(81)47-38-46(64(86-7)60-50(47)41-87-70(60)84)23-12-11-20-43-30-32-45(33-31-43)62(79)44-21-9-8-10-22-44/h8-10,13-16,21-22,24-27,30-33,38-40,53,56,84H,11-12,17-20,23,28-29,34-37,41-42H2,1-7H3,(H4-,71,72,73,74,78,81,82,83,85)/p+1/t53?,56-/m1/s1. The summed E-state index contributed by atoms with van der Waals surface area (Å²) in [5, 5.41) is 35.1. The molecular formula is C69H79BN7O12S+. The van der Waals surface area contributed by atoms with Crippen LogP contribution in [0.15, 0.2) is 144 Å². The summed E-state index contributed by atoms with van der Waals surface area (Å²) in [6.07, 6.45) is 9.02. The lowest BCUT2D eigenvalue weighted by molar-refractivity contribution is -0.432. The van der Waals surface area contributed by atoms with Crippen molar-refractivity contribution >= 4 is 76.9 Å². The number of fused-ring (bicyclic) bond motifs is 3. The number of benzene rings is 5. The maximum atomic E-state index is 14.7. The van der Waals surface area contributed by atoms with E-state index >= 15 is 0 Å². The first-order valence-electron chi connectivity index (χ1n) is 30.8. The predicted molar refractivity (Wildman–Crippen MR) is 346 cm³/mol. The molecule has 19 nitrogen and oxygen atoms in total. The molecule has 470 valence electrons. The number of likely N-dealkylation sites (tertiary alicyclic amines) is 1. The van der Waals surface area contributed by atoms with Crippen LogP contribution in [0.4, 0.5) is 11.4 Å². The molecule has 21 heteroatoms. The number of rotatable bonds is 27. The molecule has 0 spiro atoms. The van der Waals surface area contributed by atoms with Gasteiger partial charge in [0.2, 0.25) is 23.4 Å². The predicted octanol–water partition coefficient (Wildman–Crippen LogP) is 7.64. The number of allylic oxidation sites excluding steroid dienone is 5. The van der Waals surface area contributed by atoms with Crippen molar-refractivity contribution in [1.29, 1.82) is 0 Å². The molecule has 0 radical (unpaired) electrons. The Morgan fingerprint density at radius 3 is 2.27 bits per heavy atom. The fourth-order valence-electron chi connectivity index (χ4n) is 13.3. The molecule has 1 aliphatic carbocycles. The van der Waals surface area contributed by atoms with Crippen molar-refractivity contribution in [2.75, 3.05) is 58.0 Å². The molecule has 5 aromatic rings. The number of nitrogens with one attached hydrogen (secondary N) is 4. The highest BCUT2D eigenvalue weighted by atomic mass is 32.2. The second kappa shape index (κ2) is 28.3. The van der Waals surface area contributed by atoms with E-state index in [0.717, 1.165) is 64.3 Å². The minimum Gasteiger partial charge on any atom is -0.497 e. The Bertz CT molecular complexity index is 3720. The van der Waals surface area contributed by atoms with Gasteiger partial charge in [-0.1, -0.05) is 110 Å². The summed E-state index contributed by atoms with van der Waals surface area (Å²) in [4.78, 5) is 86.9. The van der Waals surface area contributed by atoms with Gasteiger partial charge in [0.25, 0.3) is 5.91 Å². The summed E-state index contributed by atoms with van der Waals surface area (Å²) in [5.74, 6) is -1.32. The Kier molecular flexibility index (Phi) is 20.4. The number of ether oxygens (including phenoxy) is 1. The zero-order valence-electron chi connectivity index (χ0n) is 52.1. The number of likely N-dealkylation sites (N-methyl/N-ethyl adjacent to an activating group) is 1. The van der Waals surface area contributed by atoms with E-state index in [1.807, 2.05) is 97.9 Å². The van der Waals surface area contributed by atoms with E-state index in [4.69, 9.17) is 14.6 Å². The number of anilines is 1. The van der Waals surface area contributed by atoms with Crippen LogP contribution in [0.3, 0.4) is 0 Å². The van der Waals surface area contributed by atoms with E-state index in [0.29, 0.717) is 101 Å². The van der Waals surface area contributed by atoms with Gasteiger partial charge in [-0.15, -0.1) is 4.33 Å². The molecule has 4 aliphatic heterocycles. The van der Waals surface area contributed by atoms with E-state index in [1.54, 1.807) is 18.2 Å². The number of carbonyl (C=O) groups excluding carboxylic acids is 6.